The maximum atomic E-state index is 13.9. The lowest BCUT2D eigenvalue weighted by Crippen LogP contribution is -2.17. The first-order chi connectivity index (χ1) is 8.79. The highest BCUT2D eigenvalue weighted by Gasteiger charge is 2.26. The molecule has 0 aliphatic heterocycles. The number of carbonyl (C=O) groups excluding carboxylic acids is 1. The van der Waals surface area contributed by atoms with Crippen molar-refractivity contribution in [1.82, 2.24) is 0 Å². The number of hydrogen-bond acceptors (Lipinski definition) is 4. The summed E-state index contributed by atoms with van der Waals surface area (Å²) in [7, 11) is -4.30. The second-order valence-corrected chi connectivity index (χ2v) is 6.32. The SMILES string of the molecule is NS(=O)(=O)c1cc(Cl)cc(C(=O)OCC2CC2)c1F. The molecule has 1 fully saturated rings. The van der Waals surface area contributed by atoms with E-state index in [-0.39, 0.29) is 11.6 Å². The van der Waals surface area contributed by atoms with Gasteiger partial charge in [0.2, 0.25) is 10.0 Å². The Morgan fingerprint density at radius 2 is 2.11 bits per heavy atom. The van der Waals surface area contributed by atoms with Gasteiger partial charge in [0.25, 0.3) is 0 Å². The van der Waals surface area contributed by atoms with Gasteiger partial charge in [-0.2, -0.15) is 0 Å². The van der Waals surface area contributed by atoms with E-state index in [4.69, 9.17) is 21.5 Å². The van der Waals surface area contributed by atoms with Crippen molar-refractivity contribution < 1.29 is 22.3 Å². The van der Waals surface area contributed by atoms with Gasteiger partial charge in [-0.25, -0.2) is 22.7 Å². The summed E-state index contributed by atoms with van der Waals surface area (Å²) >= 11 is 5.65. The van der Waals surface area contributed by atoms with Gasteiger partial charge in [-0.3, -0.25) is 0 Å². The highest BCUT2D eigenvalue weighted by molar-refractivity contribution is 7.89. The molecule has 1 aliphatic carbocycles. The minimum absolute atomic E-state index is 0.108. The second kappa shape index (κ2) is 5.07. The molecule has 5 nitrogen and oxygen atoms in total. The normalized spacial score (nSPS) is 15.3. The number of sulfonamides is 1. The van der Waals surface area contributed by atoms with Crippen molar-refractivity contribution in [2.75, 3.05) is 6.61 Å². The van der Waals surface area contributed by atoms with Crippen LogP contribution in [0.5, 0.6) is 0 Å². The number of esters is 1. The fourth-order valence-corrected chi connectivity index (χ4v) is 2.41. The average Bonchev–Trinajstić information content (AvgIpc) is 3.11. The van der Waals surface area contributed by atoms with Gasteiger partial charge in [-0.05, 0) is 30.9 Å². The van der Waals surface area contributed by atoms with Crippen LogP contribution in [0.4, 0.5) is 4.39 Å². The Bertz CT molecular complexity index is 628. The number of benzene rings is 1. The van der Waals surface area contributed by atoms with Gasteiger partial charge in [-0.1, -0.05) is 11.6 Å². The third-order valence-electron chi connectivity index (χ3n) is 2.68. The molecular formula is C11H11ClFNO4S. The van der Waals surface area contributed by atoms with Crippen molar-refractivity contribution in [3.05, 3.63) is 28.5 Å². The lowest BCUT2D eigenvalue weighted by atomic mass is 10.2. The van der Waals surface area contributed by atoms with Crippen molar-refractivity contribution >= 4 is 27.6 Å². The van der Waals surface area contributed by atoms with Gasteiger partial charge in [0.1, 0.15) is 4.90 Å². The van der Waals surface area contributed by atoms with E-state index in [1.54, 1.807) is 0 Å². The van der Waals surface area contributed by atoms with E-state index in [9.17, 15) is 17.6 Å². The quantitative estimate of drug-likeness (QED) is 0.858. The molecule has 1 aromatic carbocycles. The summed E-state index contributed by atoms with van der Waals surface area (Å²) in [6.45, 7) is 0.190. The van der Waals surface area contributed by atoms with Crippen LogP contribution in [0.15, 0.2) is 17.0 Å². The number of nitrogens with two attached hydrogens (primary N) is 1. The first kappa shape index (κ1) is 14.2. The standard InChI is InChI=1S/C11H11ClFNO4S/c12-7-3-8(11(15)18-5-6-1-2-6)10(13)9(4-7)19(14,16)17/h3-4,6H,1-2,5H2,(H2,14,16,17). The number of primary sulfonamides is 1. The molecule has 0 amide bonds. The first-order valence-electron chi connectivity index (χ1n) is 5.48. The zero-order valence-corrected chi connectivity index (χ0v) is 11.3. The van der Waals surface area contributed by atoms with E-state index in [1.165, 1.54) is 0 Å². The van der Waals surface area contributed by atoms with Crippen LogP contribution >= 0.6 is 11.6 Å². The zero-order chi connectivity index (χ0) is 14.2. The molecule has 0 atom stereocenters. The minimum Gasteiger partial charge on any atom is -0.462 e. The molecule has 0 spiro atoms. The summed E-state index contributed by atoms with van der Waals surface area (Å²) in [5, 5.41) is 4.74. The molecule has 0 unspecified atom stereocenters. The van der Waals surface area contributed by atoms with E-state index in [1.807, 2.05) is 0 Å². The molecule has 104 valence electrons. The summed E-state index contributed by atoms with van der Waals surface area (Å²) in [4.78, 5) is 10.9. The van der Waals surface area contributed by atoms with Crippen LogP contribution < -0.4 is 5.14 Å². The van der Waals surface area contributed by atoms with Crippen molar-refractivity contribution in [2.45, 2.75) is 17.7 Å². The molecular weight excluding hydrogens is 297 g/mol. The monoisotopic (exact) mass is 307 g/mol. The van der Waals surface area contributed by atoms with Crippen molar-refractivity contribution in [2.24, 2.45) is 11.1 Å². The molecule has 1 aliphatic rings. The summed E-state index contributed by atoms with van der Waals surface area (Å²) in [5.41, 5.74) is -0.530. The summed E-state index contributed by atoms with van der Waals surface area (Å²) in [5.74, 6) is -1.88. The number of halogens is 2. The molecule has 1 aromatic rings. The van der Waals surface area contributed by atoms with E-state index in [2.05, 4.69) is 0 Å². The van der Waals surface area contributed by atoms with Crippen LogP contribution in [0.2, 0.25) is 5.02 Å². The molecule has 1 saturated carbocycles. The Kier molecular flexibility index (Phi) is 3.80. The topological polar surface area (TPSA) is 86.5 Å². The predicted octanol–water partition coefficient (Wildman–Crippen LogP) is 1.69. The molecule has 19 heavy (non-hydrogen) atoms. The van der Waals surface area contributed by atoms with Crippen molar-refractivity contribution in [3.63, 3.8) is 0 Å². The summed E-state index contributed by atoms with van der Waals surface area (Å²) < 4.78 is 41.2. The van der Waals surface area contributed by atoms with E-state index >= 15 is 0 Å². The number of ether oxygens (including phenoxy) is 1. The molecule has 8 heteroatoms. The van der Waals surface area contributed by atoms with Crippen LogP contribution in [0, 0.1) is 11.7 Å². The fourth-order valence-electron chi connectivity index (χ4n) is 1.48. The van der Waals surface area contributed by atoms with Crippen molar-refractivity contribution in [1.29, 1.82) is 0 Å². The van der Waals surface area contributed by atoms with Crippen LogP contribution in [-0.2, 0) is 14.8 Å². The highest BCUT2D eigenvalue weighted by Crippen LogP contribution is 2.29. The third kappa shape index (κ3) is 3.43. The summed E-state index contributed by atoms with van der Waals surface area (Å²) in [6.07, 6.45) is 1.93. The van der Waals surface area contributed by atoms with Crippen LogP contribution in [-0.4, -0.2) is 21.0 Å². The van der Waals surface area contributed by atoms with E-state index in [0.717, 1.165) is 25.0 Å². The molecule has 0 saturated heterocycles. The average molecular weight is 308 g/mol. The number of carbonyl (C=O) groups is 1. The highest BCUT2D eigenvalue weighted by atomic mass is 35.5. The number of rotatable bonds is 4. The van der Waals surface area contributed by atoms with Gasteiger partial charge in [0.05, 0.1) is 12.2 Å². The maximum Gasteiger partial charge on any atom is 0.341 e. The fraction of sp³-hybridized carbons (Fsp3) is 0.364. The van der Waals surface area contributed by atoms with Gasteiger partial charge < -0.3 is 4.74 Å². The molecule has 0 heterocycles. The van der Waals surface area contributed by atoms with Crippen molar-refractivity contribution in [3.8, 4) is 0 Å². The molecule has 0 aromatic heterocycles. The molecule has 2 N–H and O–H groups in total. The van der Waals surface area contributed by atoms with E-state index < -0.39 is 32.3 Å². The van der Waals surface area contributed by atoms with Gasteiger partial charge in [0.15, 0.2) is 5.82 Å². The van der Waals surface area contributed by atoms with Gasteiger partial charge in [0, 0.05) is 5.02 Å². The largest absolute Gasteiger partial charge is 0.462 e. The molecule has 0 bridgehead atoms. The second-order valence-electron chi connectivity index (χ2n) is 4.35. The minimum atomic E-state index is -4.30. The Hall–Kier alpha value is -1.18. The van der Waals surface area contributed by atoms with Gasteiger partial charge in [-0.15, -0.1) is 0 Å². The maximum absolute atomic E-state index is 13.9. The van der Waals surface area contributed by atoms with Crippen LogP contribution in [0.25, 0.3) is 0 Å². The first-order valence-corrected chi connectivity index (χ1v) is 7.40. The predicted molar refractivity (Wildman–Crippen MR) is 65.8 cm³/mol. The third-order valence-corrected chi connectivity index (χ3v) is 3.81. The zero-order valence-electron chi connectivity index (χ0n) is 9.73. The van der Waals surface area contributed by atoms with Crippen LogP contribution in [0.3, 0.4) is 0 Å². The Labute approximate surface area is 114 Å². The Balaban J connectivity index is 2.33. The van der Waals surface area contributed by atoms with Crippen LogP contribution in [0.1, 0.15) is 23.2 Å². The lowest BCUT2D eigenvalue weighted by molar-refractivity contribution is 0.0480. The molecule has 0 radical (unpaired) electrons. The Morgan fingerprint density at radius 3 is 2.63 bits per heavy atom. The smallest absolute Gasteiger partial charge is 0.341 e. The van der Waals surface area contributed by atoms with E-state index in [0.29, 0.717) is 5.92 Å². The molecule has 2 rings (SSSR count). The Morgan fingerprint density at radius 1 is 1.47 bits per heavy atom. The summed E-state index contributed by atoms with van der Waals surface area (Å²) in [6, 6.07) is 1.87. The van der Waals surface area contributed by atoms with Gasteiger partial charge >= 0.3 is 5.97 Å². The number of hydrogen-bond donors (Lipinski definition) is 1. The lowest BCUT2D eigenvalue weighted by Gasteiger charge is -2.08.